The highest BCUT2D eigenvalue weighted by molar-refractivity contribution is 7.01. The molecule has 0 spiro atoms. The summed E-state index contributed by atoms with van der Waals surface area (Å²) in [6.07, 6.45) is 0.522. The summed E-state index contributed by atoms with van der Waals surface area (Å²) < 4.78 is 21.7. The maximum atomic E-state index is 14.7. The van der Waals surface area contributed by atoms with Crippen molar-refractivity contribution in [2.45, 2.75) is 76.9 Å². The molecule has 0 saturated carbocycles. The fraction of sp³-hybridized carbons (Fsp3) is 0.206. The first kappa shape index (κ1) is 52.4. The Labute approximate surface area is 434 Å². The van der Waals surface area contributed by atoms with Crippen molar-refractivity contribution in [2.24, 2.45) is 0 Å². The van der Waals surface area contributed by atoms with Crippen molar-refractivity contribution in [3.8, 4) is 17.2 Å². The second-order valence-electron chi connectivity index (χ2n) is 21.5. The number of aliphatic hydroxyl groups is 1. The van der Waals surface area contributed by atoms with Crippen molar-refractivity contribution in [2.75, 3.05) is 6.61 Å². The Hall–Kier alpha value is -6.93. The standard InChI is InChI=1S/C63H66O7Si3/c1-61(2,3)72(52-31-19-11-20-32-52,53-33-21-12-22-34-53)69-49-43-57(59(56(65)46-64)58(44-49)70-73(62(4,5)6,54-35-23-13-24-36-54)55-37-25-14-26-38-55)68-60(66)48-41-39-47(40-42-48)45-63(7,8)71(67,50-27-15-9-16-28-50)51-29-17-10-18-30-51/h9-44,64,67H,45-46H2,1-8H3. The third kappa shape index (κ3) is 10.2. The van der Waals surface area contributed by atoms with Crippen molar-refractivity contribution in [1.29, 1.82) is 0 Å². The Morgan fingerprint density at radius 1 is 0.452 bits per heavy atom. The molecule has 0 aliphatic heterocycles. The van der Waals surface area contributed by atoms with Crippen molar-refractivity contribution < 1.29 is 33.1 Å². The lowest BCUT2D eigenvalue weighted by Gasteiger charge is -2.44. The van der Waals surface area contributed by atoms with E-state index in [0.29, 0.717) is 12.2 Å². The van der Waals surface area contributed by atoms with Crippen LogP contribution >= 0.6 is 0 Å². The van der Waals surface area contributed by atoms with E-state index in [2.05, 4.69) is 104 Å². The summed E-state index contributed by atoms with van der Waals surface area (Å²) in [5.41, 5.74) is 1.11. The summed E-state index contributed by atoms with van der Waals surface area (Å²) in [6.45, 7) is 16.3. The first-order valence-corrected chi connectivity index (χ1v) is 30.7. The van der Waals surface area contributed by atoms with Gasteiger partial charge in [-0.25, -0.2) is 4.79 Å². The largest absolute Gasteiger partial charge is 0.534 e. The van der Waals surface area contributed by atoms with E-state index in [9.17, 15) is 19.5 Å². The lowest BCUT2D eigenvalue weighted by molar-refractivity contribution is 0.0730. The molecule has 8 aromatic rings. The highest BCUT2D eigenvalue weighted by atomic mass is 28.4. The number of aliphatic hydroxyl groups excluding tert-OH is 1. The smallest absolute Gasteiger partial charge is 0.343 e. The summed E-state index contributed by atoms with van der Waals surface area (Å²) in [5.74, 6) is -1.02. The summed E-state index contributed by atoms with van der Waals surface area (Å²) in [6, 6.07) is 71.0. The van der Waals surface area contributed by atoms with Crippen LogP contribution in [-0.2, 0) is 6.42 Å². The van der Waals surface area contributed by atoms with Gasteiger partial charge in [0.1, 0.15) is 29.4 Å². The third-order valence-corrected chi connectivity index (χ3v) is 28.6. The zero-order valence-corrected chi connectivity index (χ0v) is 46.1. The van der Waals surface area contributed by atoms with E-state index in [0.717, 1.165) is 36.7 Å². The van der Waals surface area contributed by atoms with Crippen molar-refractivity contribution in [1.82, 2.24) is 0 Å². The van der Waals surface area contributed by atoms with Gasteiger partial charge < -0.3 is 23.5 Å². The number of ketones is 1. The molecule has 0 saturated heterocycles. The van der Waals surface area contributed by atoms with Crippen LogP contribution in [0.2, 0.25) is 15.1 Å². The number of esters is 1. The summed E-state index contributed by atoms with van der Waals surface area (Å²) in [4.78, 5) is 42.1. The van der Waals surface area contributed by atoms with Crippen molar-refractivity contribution in [3.63, 3.8) is 0 Å². The Bertz CT molecular complexity index is 3000. The number of ether oxygens (including phenoxy) is 1. The molecule has 73 heavy (non-hydrogen) atoms. The zero-order valence-electron chi connectivity index (χ0n) is 43.1. The molecule has 2 N–H and O–H groups in total. The molecule has 0 bridgehead atoms. The van der Waals surface area contributed by atoms with E-state index in [1.54, 1.807) is 24.3 Å². The Morgan fingerprint density at radius 3 is 1.15 bits per heavy atom. The molecule has 0 radical (unpaired) electrons. The SMILES string of the molecule is CC(C)(Cc1ccc(C(=O)Oc2cc(O[Si](c3ccccc3)(c3ccccc3)C(C)(C)C)cc(O[Si](c3ccccc3)(c3ccccc3)C(C)(C)C)c2C(=O)CO)cc1)[Si](O)(c1ccccc1)c1ccccc1. The number of benzene rings is 8. The van der Waals surface area contributed by atoms with Gasteiger partial charge in [0.25, 0.3) is 8.32 Å². The maximum absolute atomic E-state index is 14.7. The van der Waals surface area contributed by atoms with Gasteiger partial charge in [-0.3, -0.25) is 4.79 Å². The van der Waals surface area contributed by atoms with Crippen molar-refractivity contribution in [3.05, 3.63) is 235 Å². The molecule has 7 nitrogen and oxygen atoms in total. The monoisotopic (exact) mass is 1020 g/mol. The summed E-state index contributed by atoms with van der Waals surface area (Å²) in [5, 5.41) is 15.0. The molecular weight excluding hydrogens is 953 g/mol. The predicted molar refractivity (Wildman–Crippen MR) is 304 cm³/mol. The minimum Gasteiger partial charge on any atom is -0.534 e. The van der Waals surface area contributed by atoms with Crippen LogP contribution in [0.15, 0.2) is 218 Å². The Balaban J connectivity index is 1.28. The number of Topliss-reactive ketones (excluding diaryl/α,β-unsaturated/α-hetero) is 1. The molecule has 0 aliphatic rings. The molecule has 8 rings (SSSR count). The number of hydrogen-bond donors (Lipinski definition) is 2. The second-order valence-corrected chi connectivity index (χ2v) is 33.9. The van der Waals surface area contributed by atoms with Crippen LogP contribution in [0.5, 0.6) is 17.2 Å². The lowest BCUT2D eigenvalue weighted by Crippen LogP contribution is -2.69. The first-order valence-electron chi connectivity index (χ1n) is 24.9. The van der Waals surface area contributed by atoms with Gasteiger partial charge in [0.05, 0.1) is 5.56 Å². The first-order chi connectivity index (χ1) is 34.9. The van der Waals surface area contributed by atoms with Crippen LogP contribution in [0.3, 0.4) is 0 Å². The third-order valence-electron chi connectivity index (χ3n) is 14.2. The molecule has 8 aromatic carbocycles. The van der Waals surface area contributed by atoms with E-state index < -0.39 is 58.4 Å². The van der Waals surface area contributed by atoms with E-state index in [1.807, 2.05) is 146 Å². The molecule has 372 valence electrons. The molecule has 0 atom stereocenters. The van der Waals surface area contributed by atoms with Gasteiger partial charge in [-0.2, -0.15) is 0 Å². The minimum atomic E-state index is -3.47. The Morgan fingerprint density at radius 2 is 0.795 bits per heavy atom. The molecule has 0 aliphatic carbocycles. The van der Waals surface area contributed by atoms with Crippen LogP contribution in [0.25, 0.3) is 0 Å². The quantitative estimate of drug-likeness (QED) is 0.0406. The average Bonchev–Trinajstić information content (AvgIpc) is 3.39. The normalized spacial score (nSPS) is 12.5. The van der Waals surface area contributed by atoms with Gasteiger partial charge in [-0.05, 0) is 70.4 Å². The van der Waals surface area contributed by atoms with Gasteiger partial charge in [0.2, 0.25) is 0 Å². The number of hydrogen-bond acceptors (Lipinski definition) is 7. The molecule has 0 aromatic heterocycles. The van der Waals surface area contributed by atoms with Gasteiger partial charge >= 0.3 is 22.6 Å². The average molecular weight is 1020 g/mol. The zero-order chi connectivity index (χ0) is 52.1. The fourth-order valence-corrected chi connectivity index (χ4v) is 23.2. The van der Waals surface area contributed by atoms with Gasteiger partial charge in [-0.15, -0.1) is 0 Å². The number of rotatable bonds is 17. The maximum Gasteiger partial charge on any atom is 0.343 e. The van der Waals surface area contributed by atoms with Crippen LogP contribution in [-0.4, -0.2) is 53.2 Å². The second kappa shape index (κ2) is 21.3. The highest BCUT2D eigenvalue weighted by Gasteiger charge is 2.55. The summed E-state index contributed by atoms with van der Waals surface area (Å²) >= 11 is 0. The van der Waals surface area contributed by atoms with Crippen molar-refractivity contribution >= 4 is 67.8 Å². The Kier molecular flexibility index (Phi) is 15.3. The van der Waals surface area contributed by atoms with Crippen LogP contribution < -0.4 is 44.7 Å². The van der Waals surface area contributed by atoms with E-state index >= 15 is 0 Å². The van der Waals surface area contributed by atoms with Crippen LogP contribution in [0.4, 0.5) is 0 Å². The lowest BCUT2D eigenvalue weighted by atomic mass is 10.0. The van der Waals surface area contributed by atoms with Gasteiger partial charge in [0.15, 0.2) is 5.78 Å². The topological polar surface area (TPSA) is 102 Å². The predicted octanol–water partition coefficient (Wildman–Crippen LogP) is 10.0. The number of carbonyl (C=O) groups excluding carboxylic acids is 2. The fourth-order valence-electron chi connectivity index (χ4n) is 10.6. The minimum absolute atomic E-state index is 0.0666. The molecule has 10 heteroatoms. The molecule has 0 unspecified atom stereocenters. The molecule has 0 heterocycles. The number of carbonyl (C=O) groups is 2. The molecule has 0 fully saturated rings. The van der Waals surface area contributed by atoms with E-state index in [4.69, 9.17) is 13.6 Å². The molecule has 0 amide bonds. The van der Waals surface area contributed by atoms with Crippen LogP contribution in [0.1, 0.15) is 81.7 Å². The summed E-state index contributed by atoms with van der Waals surface area (Å²) in [7, 11) is -10.1. The van der Waals surface area contributed by atoms with E-state index in [-0.39, 0.29) is 22.6 Å². The highest BCUT2D eigenvalue weighted by Crippen LogP contribution is 2.45. The molecular formula is C63H66O7Si3. The van der Waals surface area contributed by atoms with E-state index in [1.165, 1.54) is 0 Å². The van der Waals surface area contributed by atoms with Gasteiger partial charge in [0, 0.05) is 12.1 Å². The van der Waals surface area contributed by atoms with Crippen LogP contribution in [0, 0.1) is 0 Å². The van der Waals surface area contributed by atoms with Gasteiger partial charge in [-0.1, -0.05) is 250 Å².